The molecule has 0 aliphatic rings. The molecule has 0 heterocycles. The number of fused-ring (bicyclic) bond motifs is 1. The second kappa shape index (κ2) is 6.86. The molecule has 2 aromatic carbocycles. The van der Waals surface area contributed by atoms with Gasteiger partial charge in [-0.05, 0) is 35.2 Å². The minimum Gasteiger partial charge on any atom is -0.744 e. The van der Waals surface area contributed by atoms with Crippen molar-refractivity contribution < 1.29 is 42.5 Å². The van der Waals surface area contributed by atoms with Crippen molar-refractivity contribution in [2.24, 2.45) is 0 Å². The third-order valence-electron chi connectivity index (χ3n) is 3.04. The molecule has 96 valence electrons. The quantitative estimate of drug-likeness (QED) is 0.591. The fourth-order valence-corrected chi connectivity index (χ4v) is 2.84. The van der Waals surface area contributed by atoms with Gasteiger partial charge in [-0.25, -0.2) is 8.42 Å². The van der Waals surface area contributed by atoms with E-state index >= 15 is 0 Å². The van der Waals surface area contributed by atoms with Crippen LogP contribution in [0.5, 0.6) is 0 Å². The van der Waals surface area contributed by atoms with Gasteiger partial charge in [-0.3, -0.25) is 0 Å². The minimum absolute atomic E-state index is 0. The number of rotatable bonds is 4. The Morgan fingerprint density at radius 3 is 2.32 bits per heavy atom. The zero-order valence-electron chi connectivity index (χ0n) is 11.2. The van der Waals surface area contributed by atoms with E-state index in [0.29, 0.717) is 5.39 Å². The van der Waals surface area contributed by atoms with Crippen LogP contribution in [0.15, 0.2) is 41.3 Å². The smallest absolute Gasteiger partial charge is 0.744 e. The van der Waals surface area contributed by atoms with Crippen LogP contribution in [-0.2, 0) is 16.5 Å². The Bertz CT molecular complexity index is 665. The molecule has 0 amide bonds. The van der Waals surface area contributed by atoms with Gasteiger partial charge in [0, 0.05) is 0 Å². The van der Waals surface area contributed by atoms with Crippen LogP contribution < -0.4 is 29.6 Å². The van der Waals surface area contributed by atoms with Crippen molar-refractivity contribution in [1.29, 1.82) is 0 Å². The second-order valence-electron chi connectivity index (χ2n) is 4.33. The number of benzene rings is 2. The average molecular weight is 286 g/mol. The van der Waals surface area contributed by atoms with Crippen molar-refractivity contribution in [1.82, 2.24) is 0 Å². The SMILES string of the molecule is CCCCc1cccc2c(S(=O)(=O)[O-])cccc12.[Na+]. The average Bonchev–Trinajstić information content (AvgIpc) is 2.34. The molecule has 0 aliphatic carbocycles. The Hall–Kier alpha value is -0.390. The molecule has 0 radical (unpaired) electrons. The Kier molecular flexibility index (Phi) is 6.02. The molecule has 0 fully saturated rings. The van der Waals surface area contributed by atoms with Gasteiger partial charge in [-0.1, -0.05) is 43.7 Å². The molecule has 3 nitrogen and oxygen atoms in total. The molecule has 0 bridgehead atoms. The van der Waals surface area contributed by atoms with Crippen LogP contribution >= 0.6 is 0 Å². The summed E-state index contributed by atoms with van der Waals surface area (Å²) in [6, 6.07) is 10.3. The number of hydrogen-bond acceptors (Lipinski definition) is 3. The monoisotopic (exact) mass is 286 g/mol. The van der Waals surface area contributed by atoms with Crippen molar-refractivity contribution in [3.8, 4) is 0 Å². The van der Waals surface area contributed by atoms with E-state index in [0.717, 1.165) is 30.2 Å². The molecule has 0 spiro atoms. The Morgan fingerprint density at radius 2 is 1.68 bits per heavy atom. The van der Waals surface area contributed by atoms with Gasteiger partial charge in [-0.15, -0.1) is 0 Å². The summed E-state index contributed by atoms with van der Waals surface area (Å²) < 4.78 is 33.6. The van der Waals surface area contributed by atoms with Crippen LogP contribution in [0.4, 0.5) is 0 Å². The van der Waals surface area contributed by atoms with E-state index < -0.39 is 10.1 Å². The van der Waals surface area contributed by atoms with E-state index in [1.165, 1.54) is 6.07 Å². The molecule has 2 rings (SSSR count). The topological polar surface area (TPSA) is 57.2 Å². The summed E-state index contributed by atoms with van der Waals surface area (Å²) in [5, 5.41) is 1.39. The molecule has 19 heavy (non-hydrogen) atoms. The Morgan fingerprint density at radius 1 is 1.05 bits per heavy atom. The van der Waals surface area contributed by atoms with Crippen molar-refractivity contribution in [2.45, 2.75) is 31.1 Å². The normalized spacial score (nSPS) is 11.3. The standard InChI is InChI=1S/C14H16O3S.Na/c1-2-3-6-11-7-4-9-13-12(11)8-5-10-14(13)18(15,16)17;/h4-5,7-10H,2-3,6H2,1H3,(H,15,16,17);/q;+1/p-1. The fourth-order valence-electron chi connectivity index (χ4n) is 2.15. The Balaban J connectivity index is 0.00000180. The summed E-state index contributed by atoms with van der Waals surface area (Å²) in [5.74, 6) is 0. The maximum Gasteiger partial charge on any atom is 1.00 e. The van der Waals surface area contributed by atoms with Gasteiger partial charge in [0.15, 0.2) is 0 Å². The van der Waals surface area contributed by atoms with E-state index in [4.69, 9.17) is 0 Å². The van der Waals surface area contributed by atoms with Crippen LogP contribution in [0.25, 0.3) is 10.8 Å². The molecule has 0 aliphatic heterocycles. The maximum atomic E-state index is 11.2. The van der Waals surface area contributed by atoms with Gasteiger partial charge in [0.2, 0.25) is 0 Å². The molecule has 0 aromatic heterocycles. The number of hydrogen-bond donors (Lipinski definition) is 0. The zero-order valence-corrected chi connectivity index (χ0v) is 14.0. The fraction of sp³-hybridized carbons (Fsp3) is 0.286. The van der Waals surface area contributed by atoms with Gasteiger partial charge in [0.1, 0.15) is 10.1 Å². The first-order valence-electron chi connectivity index (χ1n) is 6.00. The van der Waals surface area contributed by atoms with Gasteiger partial charge < -0.3 is 4.55 Å². The maximum absolute atomic E-state index is 11.2. The first-order chi connectivity index (χ1) is 8.54. The second-order valence-corrected chi connectivity index (χ2v) is 5.67. The molecule has 0 saturated carbocycles. The Labute approximate surface area is 136 Å². The van der Waals surface area contributed by atoms with Gasteiger partial charge in [0.25, 0.3) is 0 Å². The molecule has 0 N–H and O–H groups in total. The van der Waals surface area contributed by atoms with Crippen LogP contribution in [-0.4, -0.2) is 13.0 Å². The zero-order chi connectivity index (χ0) is 13.2. The van der Waals surface area contributed by atoms with Crippen molar-refractivity contribution >= 4 is 20.9 Å². The van der Waals surface area contributed by atoms with E-state index in [-0.39, 0.29) is 34.5 Å². The van der Waals surface area contributed by atoms with E-state index in [1.54, 1.807) is 12.1 Å². The molecule has 0 saturated heterocycles. The van der Waals surface area contributed by atoms with Crippen LogP contribution in [0, 0.1) is 0 Å². The van der Waals surface area contributed by atoms with Gasteiger partial charge in [-0.2, -0.15) is 0 Å². The van der Waals surface area contributed by atoms with Crippen molar-refractivity contribution in [2.75, 3.05) is 0 Å². The van der Waals surface area contributed by atoms with Crippen LogP contribution in [0.2, 0.25) is 0 Å². The number of aryl methyl sites for hydroxylation is 1. The molecule has 0 atom stereocenters. The third kappa shape index (κ3) is 3.80. The van der Waals surface area contributed by atoms with E-state index in [9.17, 15) is 13.0 Å². The molecular weight excluding hydrogens is 271 g/mol. The summed E-state index contributed by atoms with van der Waals surface area (Å²) >= 11 is 0. The van der Waals surface area contributed by atoms with Gasteiger partial charge in [0.05, 0.1) is 4.90 Å². The summed E-state index contributed by atoms with van der Waals surface area (Å²) in [7, 11) is -4.42. The molecule has 0 unspecified atom stereocenters. The first kappa shape index (κ1) is 16.7. The molecular formula is C14H15NaO3S. The predicted octanol–water partition coefficient (Wildman–Crippen LogP) is 0.0905. The van der Waals surface area contributed by atoms with Crippen LogP contribution in [0.3, 0.4) is 0 Å². The molecule has 5 heteroatoms. The van der Waals surface area contributed by atoms with Crippen LogP contribution in [0.1, 0.15) is 25.3 Å². The van der Waals surface area contributed by atoms with E-state index in [1.807, 2.05) is 18.2 Å². The predicted molar refractivity (Wildman–Crippen MR) is 70.5 cm³/mol. The number of unbranched alkanes of at least 4 members (excludes halogenated alkanes) is 1. The van der Waals surface area contributed by atoms with Gasteiger partial charge >= 0.3 is 29.6 Å². The molecule has 2 aromatic rings. The van der Waals surface area contributed by atoms with Crippen molar-refractivity contribution in [3.63, 3.8) is 0 Å². The summed E-state index contributed by atoms with van der Waals surface area (Å²) in [5.41, 5.74) is 1.10. The van der Waals surface area contributed by atoms with Crippen molar-refractivity contribution in [3.05, 3.63) is 42.0 Å². The summed E-state index contributed by atoms with van der Waals surface area (Å²) in [6.07, 6.45) is 3.03. The van der Waals surface area contributed by atoms with E-state index in [2.05, 4.69) is 6.92 Å². The summed E-state index contributed by atoms with van der Waals surface area (Å²) in [4.78, 5) is -0.127. The largest absolute Gasteiger partial charge is 1.00 e. The minimum atomic E-state index is -4.42. The third-order valence-corrected chi connectivity index (χ3v) is 3.94. The first-order valence-corrected chi connectivity index (χ1v) is 7.41. The summed E-state index contributed by atoms with van der Waals surface area (Å²) in [6.45, 7) is 2.11.